The summed E-state index contributed by atoms with van der Waals surface area (Å²) >= 11 is 0. The molecule has 0 bridgehead atoms. The Morgan fingerprint density at radius 2 is 1.07 bits per heavy atom. The van der Waals surface area contributed by atoms with Crippen molar-refractivity contribution in [1.82, 2.24) is 0 Å². The molecule has 0 radical (unpaired) electrons. The molecule has 0 aliphatic heterocycles. The highest BCUT2D eigenvalue weighted by Gasteiger charge is 2.35. The summed E-state index contributed by atoms with van der Waals surface area (Å²) in [5.74, 6) is 0. The molecule has 2 nitrogen and oxygen atoms in total. The highest BCUT2D eigenvalue weighted by atomic mass is 17.1. The molecular weight excluding hydrogens is 368 g/mol. The first kappa shape index (κ1) is 19.8. The summed E-state index contributed by atoms with van der Waals surface area (Å²) in [5.41, 5.74) is 4.83. The van der Waals surface area contributed by atoms with Crippen molar-refractivity contribution in [2.45, 2.75) is 12.5 Å². The lowest BCUT2D eigenvalue weighted by Gasteiger charge is -2.30. The topological polar surface area (TPSA) is 29.5 Å². The van der Waals surface area contributed by atoms with Crippen LogP contribution in [-0.2, 0) is 10.5 Å². The molecule has 0 aromatic heterocycles. The minimum Gasteiger partial charge on any atom is -0.250 e. The van der Waals surface area contributed by atoms with E-state index in [1.807, 2.05) is 84.9 Å². The van der Waals surface area contributed by atoms with Crippen molar-refractivity contribution in [3.63, 3.8) is 0 Å². The normalized spacial score (nSPS) is 12.0. The zero-order valence-electron chi connectivity index (χ0n) is 16.9. The van der Waals surface area contributed by atoms with Gasteiger partial charge in [0.05, 0.1) is 0 Å². The van der Waals surface area contributed by atoms with Gasteiger partial charge in [-0.3, -0.25) is 5.26 Å². The fourth-order valence-corrected chi connectivity index (χ4v) is 3.72. The lowest BCUT2D eigenvalue weighted by atomic mass is 9.82. The number of hydrogen-bond donors (Lipinski definition) is 1. The highest BCUT2D eigenvalue weighted by molar-refractivity contribution is 5.81. The Balaban J connectivity index is 2.01. The first-order valence-electron chi connectivity index (χ1n) is 10.0. The summed E-state index contributed by atoms with van der Waals surface area (Å²) in [4.78, 5) is 5.33. The van der Waals surface area contributed by atoms with Gasteiger partial charge >= 0.3 is 0 Å². The Hall–Kier alpha value is -3.46. The maximum atomic E-state index is 10.3. The van der Waals surface area contributed by atoms with Crippen LogP contribution >= 0.6 is 0 Å². The summed E-state index contributed by atoms with van der Waals surface area (Å²) in [7, 11) is 0. The van der Waals surface area contributed by atoms with Crippen molar-refractivity contribution >= 4 is 5.57 Å². The Morgan fingerprint density at radius 1 is 0.633 bits per heavy atom. The maximum absolute atomic E-state index is 10.3. The van der Waals surface area contributed by atoms with Crippen LogP contribution < -0.4 is 0 Å². The number of rotatable bonds is 6. The standard InChI is InChI=1S/C28H24O2/c1-22-17-19-24(20-18-22)27(23-11-5-2-6-12-23)21-28(30-29,25-13-7-3-8-14-25)26-15-9-4-10-16-26/h2-21,29H,1H3/b27-21+. The van der Waals surface area contributed by atoms with Gasteiger partial charge in [-0.2, -0.15) is 0 Å². The second kappa shape index (κ2) is 8.91. The molecule has 0 heterocycles. The quantitative estimate of drug-likeness (QED) is 0.287. The number of aryl methyl sites for hydroxylation is 1. The lowest BCUT2D eigenvalue weighted by Crippen LogP contribution is -2.28. The molecule has 4 aromatic rings. The minimum atomic E-state index is -1.15. The Labute approximate surface area is 177 Å². The van der Waals surface area contributed by atoms with E-state index in [1.54, 1.807) is 0 Å². The predicted octanol–water partition coefficient (Wildman–Crippen LogP) is 6.86. The van der Waals surface area contributed by atoms with E-state index in [0.29, 0.717) is 0 Å². The summed E-state index contributed by atoms with van der Waals surface area (Å²) in [6.45, 7) is 2.07. The third kappa shape index (κ3) is 3.97. The van der Waals surface area contributed by atoms with E-state index in [2.05, 4.69) is 43.3 Å². The third-order valence-corrected chi connectivity index (χ3v) is 5.34. The van der Waals surface area contributed by atoms with Gasteiger partial charge < -0.3 is 0 Å². The lowest BCUT2D eigenvalue weighted by molar-refractivity contribution is -0.299. The maximum Gasteiger partial charge on any atom is 0.172 e. The van der Waals surface area contributed by atoms with Crippen LogP contribution in [0.1, 0.15) is 27.8 Å². The van der Waals surface area contributed by atoms with Crippen LogP contribution in [0.4, 0.5) is 0 Å². The molecule has 148 valence electrons. The molecule has 2 heteroatoms. The summed E-state index contributed by atoms with van der Waals surface area (Å²) in [5, 5.41) is 10.3. The van der Waals surface area contributed by atoms with Crippen LogP contribution in [0.3, 0.4) is 0 Å². The SMILES string of the molecule is Cc1ccc(/C(=C/C(OO)(c2ccccc2)c2ccccc2)c2ccccc2)cc1. The molecule has 1 N–H and O–H groups in total. The van der Waals surface area contributed by atoms with Gasteiger partial charge in [0, 0.05) is 0 Å². The molecule has 0 atom stereocenters. The van der Waals surface area contributed by atoms with Crippen molar-refractivity contribution in [2.24, 2.45) is 0 Å². The van der Waals surface area contributed by atoms with E-state index >= 15 is 0 Å². The van der Waals surface area contributed by atoms with Crippen LogP contribution in [0.25, 0.3) is 5.57 Å². The number of benzene rings is 4. The Bertz CT molecular complexity index is 1060. The fraction of sp³-hybridized carbons (Fsp3) is 0.0714. The van der Waals surface area contributed by atoms with Crippen molar-refractivity contribution < 1.29 is 10.1 Å². The highest BCUT2D eigenvalue weighted by Crippen LogP contribution is 2.39. The van der Waals surface area contributed by atoms with E-state index in [1.165, 1.54) is 5.56 Å². The van der Waals surface area contributed by atoms with Crippen LogP contribution in [0.15, 0.2) is 121 Å². The van der Waals surface area contributed by atoms with Gasteiger partial charge in [-0.05, 0) is 40.8 Å². The molecule has 0 aliphatic carbocycles. The molecule has 0 aliphatic rings. The van der Waals surface area contributed by atoms with Gasteiger partial charge in [-0.15, -0.1) is 0 Å². The van der Waals surface area contributed by atoms with E-state index in [4.69, 9.17) is 4.89 Å². The molecule has 0 saturated heterocycles. The van der Waals surface area contributed by atoms with Crippen LogP contribution in [0.2, 0.25) is 0 Å². The summed E-state index contributed by atoms with van der Waals surface area (Å²) < 4.78 is 0. The molecule has 4 aromatic carbocycles. The van der Waals surface area contributed by atoms with Gasteiger partial charge in [-0.1, -0.05) is 121 Å². The Morgan fingerprint density at radius 3 is 1.53 bits per heavy atom. The molecule has 0 amide bonds. The van der Waals surface area contributed by atoms with Crippen molar-refractivity contribution in [2.75, 3.05) is 0 Å². The largest absolute Gasteiger partial charge is 0.250 e. The van der Waals surface area contributed by atoms with Gasteiger partial charge in [-0.25, -0.2) is 4.89 Å². The average molecular weight is 392 g/mol. The Kier molecular flexibility index (Phi) is 5.89. The second-order valence-electron chi connectivity index (χ2n) is 7.35. The van der Waals surface area contributed by atoms with E-state index in [0.717, 1.165) is 27.8 Å². The van der Waals surface area contributed by atoms with E-state index < -0.39 is 5.60 Å². The second-order valence-corrected chi connectivity index (χ2v) is 7.35. The first-order chi connectivity index (χ1) is 14.7. The molecule has 0 spiro atoms. The van der Waals surface area contributed by atoms with Crippen molar-refractivity contribution in [3.8, 4) is 0 Å². The monoisotopic (exact) mass is 392 g/mol. The molecule has 0 saturated carbocycles. The van der Waals surface area contributed by atoms with E-state index in [-0.39, 0.29) is 0 Å². The zero-order valence-corrected chi connectivity index (χ0v) is 16.9. The summed E-state index contributed by atoms with van der Waals surface area (Å²) in [6.07, 6.45) is 2.01. The van der Waals surface area contributed by atoms with Gasteiger partial charge in [0.15, 0.2) is 5.60 Å². The average Bonchev–Trinajstić information content (AvgIpc) is 2.83. The van der Waals surface area contributed by atoms with Gasteiger partial charge in [0.1, 0.15) is 0 Å². The van der Waals surface area contributed by atoms with Crippen LogP contribution in [0.5, 0.6) is 0 Å². The van der Waals surface area contributed by atoms with Gasteiger partial charge in [0.2, 0.25) is 0 Å². The minimum absolute atomic E-state index is 0.847. The first-order valence-corrected chi connectivity index (χ1v) is 10.0. The van der Waals surface area contributed by atoms with Crippen LogP contribution in [0, 0.1) is 6.92 Å². The molecular formula is C28H24O2. The summed E-state index contributed by atoms with van der Waals surface area (Å²) in [6, 6.07) is 38.2. The number of hydrogen-bond acceptors (Lipinski definition) is 2. The zero-order chi connectivity index (χ0) is 20.8. The molecule has 4 rings (SSSR count). The molecule has 30 heavy (non-hydrogen) atoms. The van der Waals surface area contributed by atoms with E-state index in [9.17, 15) is 5.26 Å². The van der Waals surface area contributed by atoms with Crippen molar-refractivity contribution in [3.05, 3.63) is 149 Å². The predicted molar refractivity (Wildman–Crippen MR) is 122 cm³/mol. The third-order valence-electron chi connectivity index (χ3n) is 5.34. The smallest absolute Gasteiger partial charge is 0.172 e. The van der Waals surface area contributed by atoms with Crippen molar-refractivity contribution in [1.29, 1.82) is 0 Å². The van der Waals surface area contributed by atoms with Crippen LogP contribution in [-0.4, -0.2) is 5.26 Å². The fourth-order valence-electron chi connectivity index (χ4n) is 3.72. The molecule has 0 fully saturated rings. The van der Waals surface area contributed by atoms with Gasteiger partial charge in [0.25, 0.3) is 0 Å². The molecule has 0 unspecified atom stereocenters.